The first-order valence-corrected chi connectivity index (χ1v) is 7.48. The molecule has 3 aliphatic rings. The van der Waals surface area contributed by atoms with E-state index in [1.165, 1.54) is 4.90 Å². The Morgan fingerprint density at radius 2 is 1.86 bits per heavy atom. The van der Waals surface area contributed by atoms with Gasteiger partial charge in [0, 0.05) is 32.0 Å². The molecule has 2 amide bonds. The first-order chi connectivity index (χ1) is 9.97. The fourth-order valence-corrected chi connectivity index (χ4v) is 3.34. The average Bonchev–Trinajstić information content (AvgIpc) is 3.20. The molecule has 0 radical (unpaired) electrons. The van der Waals surface area contributed by atoms with E-state index in [4.69, 9.17) is 0 Å². The third-order valence-electron chi connectivity index (χ3n) is 4.63. The van der Waals surface area contributed by atoms with E-state index in [1.54, 1.807) is 4.90 Å². The number of nitrogens with zero attached hydrogens (tertiary/aromatic N) is 2. The van der Waals surface area contributed by atoms with Crippen LogP contribution in [0.3, 0.4) is 0 Å². The zero-order valence-corrected chi connectivity index (χ0v) is 11.8. The van der Waals surface area contributed by atoms with Crippen molar-refractivity contribution in [2.45, 2.75) is 50.3 Å². The molecule has 3 fully saturated rings. The summed E-state index contributed by atoms with van der Waals surface area (Å²) in [6.07, 6.45) is 2.11. The molecule has 0 aromatic rings. The van der Waals surface area contributed by atoms with Crippen LogP contribution in [-0.4, -0.2) is 69.1 Å². The maximum atomic E-state index is 12.6. The molecule has 2 saturated heterocycles. The van der Waals surface area contributed by atoms with Crippen LogP contribution in [0.25, 0.3) is 0 Å². The second-order valence-corrected chi connectivity index (χ2v) is 6.25. The largest absolute Gasteiger partial charge is 0.480 e. The number of piperidine rings is 1. The Kier molecular flexibility index (Phi) is 3.61. The van der Waals surface area contributed by atoms with Gasteiger partial charge in [0.05, 0.1) is 12.0 Å². The summed E-state index contributed by atoms with van der Waals surface area (Å²) in [4.78, 5) is 38.7. The number of carboxylic acid groups (broad SMARTS) is 1. The SMILES string of the molecule is O=C(O)[C@H]1C[C@@H](O)CN1C(=O)C1CCC(=O)N(C2CC2)C1. The van der Waals surface area contributed by atoms with Crippen molar-refractivity contribution in [3.05, 3.63) is 0 Å². The molecular weight excluding hydrogens is 276 g/mol. The molecule has 2 aliphatic heterocycles. The van der Waals surface area contributed by atoms with Crippen LogP contribution in [0.1, 0.15) is 32.1 Å². The second-order valence-electron chi connectivity index (χ2n) is 6.25. The number of aliphatic carboxylic acids is 1. The van der Waals surface area contributed by atoms with Crippen LogP contribution in [0, 0.1) is 5.92 Å². The lowest BCUT2D eigenvalue weighted by molar-refractivity contribution is -0.152. The number of carbonyl (C=O) groups is 3. The van der Waals surface area contributed by atoms with Gasteiger partial charge >= 0.3 is 5.97 Å². The number of rotatable bonds is 3. The van der Waals surface area contributed by atoms with Crippen molar-refractivity contribution in [2.75, 3.05) is 13.1 Å². The van der Waals surface area contributed by atoms with Crippen molar-refractivity contribution in [3.8, 4) is 0 Å². The van der Waals surface area contributed by atoms with E-state index in [1.807, 2.05) is 0 Å². The van der Waals surface area contributed by atoms with Crippen LogP contribution >= 0.6 is 0 Å². The maximum absolute atomic E-state index is 12.6. The van der Waals surface area contributed by atoms with Crippen molar-refractivity contribution >= 4 is 17.8 Å². The number of amides is 2. The Balaban J connectivity index is 1.69. The van der Waals surface area contributed by atoms with E-state index in [0.717, 1.165) is 12.8 Å². The van der Waals surface area contributed by atoms with Gasteiger partial charge in [-0.15, -0.1) is 0 Å². The van der Waals surface area contributed by atoms with E-state index < -0.39 is 18.1 Å². The summed E-state index contributed by atoms with van der Waals surface area (Å²) in [6, 6.07) is -0.674. The quantitative estimate of drug-likeness (QED) is 0.727. The summed E-state index contributed by atoms with van der Waals surface area (Å²) in [5.41, 5.74) is 0. The number of β-amino-alcohol motifs (C(OH)–C–C–N with tert-alkyl or cyclic N) is 1. The summed E-state index contributed by atoms with van der Waals surface area (Å²) in [7, 11) is 0. The second kappa shape index (κ2) is 5.29. The van der Waals surface area contributed by atoms with Crippen molar-refractivity contribution in [1.82, 2.24) is 9.80 Å². The summed E-state index contributed by atoms with van der Waals surface area (Å²) < 4.78 is 0. The maximum Gasteiger partial charge on any atom is 0.326 e. The van der Waals surface area contributed by atoms with Crippen LogP contribution in [0.4, 0.5) is 0 Å². The van der Waals surface area contributed by atoms with Gasteiger partial charge in [0.15, 0.2) is 0 Å². The van der Waals surface area contributed by atoms with Gasteiger partial charge in [-0.3, -0.25) is 9.59 Å². The number of hydrogen-bond donors (Lipinski definition) is 2. The highest BCUT2D eigenvalue weighted by Crippen LogP contribution is 2.33. The smallest absolute Gasteiger partial charge is 0.326 e. The predicted molar refractivity (Wildman–Crippen MR) is 71.2 cm³/mol. The van der Waals surface area contributed by atoms with Crippen molar-refractivity contribution in [2.24, 2.45) is 5.92 Å². The van der Waals surface area contributed by atoms with Crippen molar-refractivity contribution in [1.29, 1.82) is 0 Å². The summed E-state index contributed by atoms with van der Waals surface area (Å²) in [6.45, 7) is 0.463. The van der Waals surface area contributed by atoms with Crippen LogP contribution in [-0.2, 0) is 14.4 Å². The first kappa shape index (κ1) is 14.3. The summed E-state index contributed by atoms with van der Waals surface area (Å²) in [5, 5.41) is 18.8. The molecule has 0 aromatic carbocycles. The highest BCUT2D eigenvalue weighted by Gasteiger charge is 2.44. The number of hydrogen-bond acceptors (Lipinski definition) is 4. The van der Waals surface area contributed by atoms with Crippen molar-refractivity contribution < 1.29 is 24.6 Å². The van der Waals surface area contributed by atoms with Gasteiger partial charge in [0.1, 0.15) is 6.04 Å². The Morgan fingerprint density at radius 1 is 1.14 bits per heavy atom. The molecule has 0 spiro atoms. The molecule has 1 aliphatic carbocycles. The molecular formula is C14H20N2O5. The first-order valence-electron chi connectivity index (χ1n) is 7.48. The minimum Gasteiger partial charge on any atom is -0.480 e. The molecule has 116 valence electrons. The molecule has 2 heterocycles. The fourth-order valence-electron chi connectivity index (χ4n) is 3.34. The Morgan fingerprint density at radius 3 is 2.48 bits per heavy atom. The van der Waals surface area contributed by atoms with E-state index in [2.05, 4.69) is 0 Å². The number of carbonyl (C=O) groups excluding carboxylic acids is 2. The molecule has 7 nitrogen and oxygen atoms in total. The normalized spacial score (nSPS) is 33.4. The molecule has 2 N–H and O–H groups in total. The molecule has 7 heteroatoms. The van der Waals surface area contributed by atoms with Crippen LogP contribution in [0.15, 0.2) is 0 Å². The zero-order chi connectivity index (χ0) is 15.1. The third kappa shape index (κ3) is 2.74. The summed E-state index contributed by atoms with van der Waals surface area (Å²) >= 11 is 0. The molecule has 21 heavy (non-hydrogen) atoms. The Hall–Kier alpha value is -1.63. The number of aliphatic hydroxyl groups excluding tert-OH is 1. The zero-order valence-electron chi connectivity index (χ0n) is 11.8. The molecule has 3 atom stereocenters. The van der Waals surface area contributed by atoms with Crippen LogP contribution < -0.4 is 0 Å². The van der Waals surface area contributed by atoms with Gasteiger partial charge in [-0.05, 0) is 19.3 Å². The van der Waals surface area contributed by atoms with E-state index >= 15 is 0 Å². The molecule has 1 saturated carbocycles. The topological polar surface area (TPSA) is 98.1 Å². The van der Waals surface area contributed by atoms with Gasteiger partial charge < -0.3 is 20.0 Å². The summed E-state index contributed by atoms with van der Waals surface area (Å²) in [5.74, 6) is -1.56. The van der Waals surface area contributed by atoms with Gasteiger partial charge in [0.2, 0.25) is 11.8 Å². The van der Waals surface area contributed by atoms with Gasteiger partial charge in [0.25, 0.3) is 0 Å². The number of carboxylic acids is 1. The third-order valence-corrected chi connectivity index (χ3v) is 4.63. The predicted octanol–water partition coefficient (Wildman–Crippen LogP) is -0.566. The van der Waals surface area contributed by atoms with Crippen LogP contribution in [0.2, 0.25) is 0 Å². The Labute approximate surface area is 122 Å². The number of likely N-dealkylation sites (tertiary alicyclic amines) is 2. The lowest BCUT2D eigenvalue weighted by atomic mass is 9.95. The fraction of sp³-hybridized carbons (Fsp3) is 0.786. The lowest BCUT2D eigenvalue weighted by Gasteiger charge is -2.34. The van der Waals surface area contributed by atoms with Gasteiger partial charge in [-0.25, -0.2) is 4.79 Å². The van der Waals surface area contributed by atoms with Gasteiger partial charge in [-0.2, -0.15) is 0 Å². The number of aliphatic hydroxyl groups is 1. The van der Waals surface area contributed by atoms with Crippen LogP contribution in [0.5, 0.6) is 0 Å². The highest BCUT2D eigenvalue weighted by atomic mass is 16.4. The lowest BCUT2D eigenvalue weighted by Crippen LogP contribution is -2.50. The Bertz CT molecular complexity index is 476. The highest BCUT2D eigenvalue weighted by molar-refractivity contribution is 5.88. The van der Waals surface area contributed by atoms with E-state index in [9.17, 15) is 24.6 Å². The van der Waals surface area contributed by atoms with Crippen molar-refractivity contribution in [3.63, 3.8) is 0 Å². The molecule has 3 rings (SSSR count). The minimum atomic E-state index is -1.08. The monoisotopic (exact) mass is 296 g/mol. The van der Waals surface area contributed by atoms with E-state index in [0.29, 0.717) is 19.4 Å². The minimum absolute atomic E-state index is 0.0731. The molecule has 1 unspecified atom stereocenters. The van der Waals surface area contributed by atoms with E-state index in [-0.39, 0.29) is 36.7 Å². The standard InChI is InChI=1S/C14H20N2O5/c17-10-5-11(14(20)21)16(7-10)13(19)8-1-4-12(18)15(6-8)9-2-3-9/h8-11,17H,1-7H2,(H,20,21)/t8?,10-,11-/m1/s1. The molecule has 0 bridgehead atoms. The average molecular weight is 296 g/mol. The molecule has 0 aromatic heterocycles. The van der Waals surface area contributed by atoms with Gasteiger partial charge in [-0.1, -0.05) is 0 Å².